The predicted octanol–water partition coefficient (Wildman–Crippen LogP) is 2.26. The summed E-state index contributed by atoms with van der Waals surface area (Å²) in [5.74, 6) is 0.854. The van der Waals surface area contributed by atoms with Gasteiger partial charge in [0.05, 0.1) is 0 Å². The molecule has 0 aliphatic carbocycles. The van der Waals surface area contributed by atoms with Gasteiger partial charge in [0.15, 0.2) is 0 Å². The van der Waals surface area contributed by atoms with Crippen molar-refractivity contribution in [1.82, 2.24) is 10.2 Å². The SMILES string of the molecule is CC(C(=O)N(C)Cc1cccc(Br)c1)C1CNC1. The summed E-state index contributed by atoms with van der Waals surface area (Å²) in [5, 5.41) is 3.22. The fourth-order valence-electron chi connectivity index (χ4n) is 2.20. The number of hydrogen-bond acceptors (Lipinski definition) is 2. The van der Waals surface area contributed by atoms with Crippen LogP contribution in [0.4, 0.5) is 0 Å². The molecule has 1 N–H and O–H groups in total. The molecule has 3 nitrogen and oxygen atoms in total. The maximum absolute atomic E-state index is 12.3. The Bertz CT molecular complexity index is 432. The Labute approximate surface area is 117 Å². The molecule has 1 aliphatic heterocycles. The number of carbonyl (C=O) groups excluding carboxylic acids is 1. The van der Waals surface area contributed by atoms with Crippen molar-refractivity contribution in [2.75, 3.05) is 20.1 Å². The second-order valence-corrected chi connectivity index (χ2v) is 5.95. The highest BCUT2D eigenvalue weighted by atomic mass is 79.9. The van der Waals surface area contributed by atoms with E-state index in [-0.39, 0.29) is 11.8 Å². The number of hydrogen-bond donors (Lipinski definition) is 1. The van der Waals surface area contributed by atoms with Crippen molar-refractivity contribution in [3.05, 3.63) is 34.3 Å². The Hall–Kier alpha value is -0.870. The molecule has 0 aromatic heterocycles. The lowest BCUT2D eigenvalue weighted by molar-refractivity contribution is -0.136. The first-order chi connectivity index (χ1) is 8.58. The third kappa shape index (κ3) is 3.12. The lowest BCUT2D eigenvalue weighted by atomic mass is 9.88. The van der Waals surface area contributed by atoms with E-state index in [0.29, 0.717) is 12.5 Å². The van der Waals surface area contributed by atoms with Crippen molar-refractivity contribution in [1.29, 1.82) is 0 Å². The van der Waals surface area contributed by atoms with Gasteiger partial charge in [-0.25, -0.2) is 0 Å². The first kappa shape index (κ1) is 13.6. The number of amides is 1. The van der Waals surface area contributed by atoms with Gasteiger partial charge >= 0.3 is 0 Å². The van der Waals surface area contributed by atoms with E-state index in [1.165, 1.54) is 0 Å². The van der Waals surface area contributed by atoms with E-state index in [2.05, 4.69) is 27.3 Å². The largest absolute Gasteiger partial charge is 0.341 e. The fraction of sp³-hybridized carbons (Fsp3) is 0.500. The lowest BCUT2D eigenvalue weighted by Gasteiger charge is -2.34. The molecule has 1 atom stereocenters. The standard InChI is InChI=1S/C14H19BrN2O/c1-10(12-7-16-8-12)14(18)17(2)9-11-4-3-5-13(15)6-11/h3-6,10,12,16H,7-9H2,1-2H3. The van der Waals surface area contributed by atoms with Gasteiger partial charge in [0.25, 0.3) is 0 Å². The summed E-state index contributed by atoms with van der Waals surface area (Å²) in [7, 11) is 1.88. The number of nitrogens with zero attached hydrogens (tertiary/aromatic N) is 1. The Morgan fingerprint density at radius 3 is 2.83 bits per heavy atom. The first-order valence-corrected chi connectivity index (χ1v) is 7.07. The Morgan fingerprint density at radius 1 is 1.56 bits per heavy atom. The van der Waals surface area contributed by atoms with Crippen LogP contribution in [0.25, 0.3) is 0 Å². The molecule has 4 heteroatoms. The summed E-state index contributed by atoms with van der Waals surface area (Å²) in [6.07, 6.45) is 0. The van der Waals surface area contributed by atoms with Gasteiger partial charge in [0, 0.05) is 24.0 Å². The molecule has 0 radical (unpaired) electrons. The van der Waals surface area contributed by atoms with Gasteiger partial charge < -0.3 is 10.2 Å². The van der Waals surface area contributed by atoms with E-state index in [4.69, 9.17) is 0 Å². The number of carbonyl (C=O) groups is 1. The maximum atomic E-state index is 12.3. The predicted molar refractivity (Wildman–Crippen MR) is 76.1 cm³/mol. The molecule has 1 fully saturated rings. The van der Waals surface area contributed by atoms with Crippen LogP contribution >= 0.6 is 15.9 Å². The molecule has 0 spiro atoms. The summed E-state index contributed by atoms with van der Waals surface area (Å²) >= 11 is 3.45. The molecule has 2 rings (SSSR count). The van der Waals surface area contributed by atoms with E-state index >= 15 is 0 Å². The number of halogens is 1. The number of nitrogens with one attached hydrogen (secondary N) is 1. The maximum Gasteiger partial charge on any atom is 0.225 e. The van der Waals surface area contributed by atoms with Crippen LogP contribution in [-0.2, 0) is 11.3 Å². The van der Waals surface area contributed by atoms with E-state index in [1.54, 1.807) is 0 Å². The summed E-state index contributed by atoms with van der Waals surface area (Å²) in [4.78, 5) is 14.1. The fourth-order valence-corrected chi connectivity index (χ4v) is 2.65. The van der Waals surface area contributed by atoms with Crippen LogP contribution in [-0.4, -0.2) is 30.9 Å². The molecule has 1 saturated heterocycles. The van der Waals surface area contributed by atoms with Crippen molar-refractivity contribution in [2.45, 2.75) is 13.5 Å². The highest BCUT2D eigenvalue weighted by molar-refractivity contribution is 9.10. The monoisotopic (exact) mass is 310 g/mol. The van der Waals surface area contributed by atoms with Gasteiger partial charge in [0.1, 0.15) is 0 Å². The van der Waals surface area contributed by atoms with E-state index < -0.39 is 0 Å². The van der Waals surface area contributed by atoms with Crippen LogP contribution < -0.4 is 5.32 Å². The van der Waals surface area contributed by atoms with Crippen molar-refractivity contribution >= 4 is 21.8 Å². The summed E-state index contributed by atoms with van der Waals surface area (Å²) in [6, 6.07) is 8.09. The topological polar surface area (TPSA) is 32.3 Å². The van der Waals surface area contributed by atoms with Crippen molar-refractivity contribution < 1.29 is 4.79 Å². The van der Waals surface area contributed by atoms with Crippen LogP contribution in [0.5, 0.6) is 0 Å². The molecular weight excluding hydrogens is 292 g/mol. The zero-order valence-electron chi connectivity index (χ0n) is 10.8. The van der Waals surface area contributed by atoms with Crippen LogP contribution in [0.3, 0.4) is 0 Å². The second kappa shape index (κ2) is 5.85. The van der Waals surface area contributed by atoms with Gasteiger partial charge in [0.2, 0.25) is 5.91 Å². The minimum Gasteiger partial charge on any atom is -0.341 e. The zero-order chi connectivity index (χ0) is 13.1. The van der Waals surface area contributed by atoms with Crippen LogP contribution in [0, 0.1) is 11.8 Å². The van der Waals surface area contributed by atoms with Crippen LogP contribution in [0.1, 0.15) is 12.5 Å². The zero-order valence-corrected chi connectivity index (χ0v) is 12.4. The molecule has 98 valence electrons. The molecule has 0 saturated carbocycles. The van der Waals surface area contributed by atoms with Crippen LogP contribution in [0.2, 0.25) is 0 Å². The molecule has 0 bridgehead atoms. The molecule has 1 amide bonds. The number of benzene rings is 1. The highest BCUT2D eigenvalue weighted by Crippen LogP contribution is 2.19. The molecular formula is C14H19BrN2O. The number of rotatable bonds is 4. The second-order valence-electron chi connectivity index (χ2n) is 5.03. The smallest absolute Gasteiger partial charge is 0.225 e. The molecule has 18 heavy (non-hydrogen) atoms. The van der Waals surface area contributed by atoms with Gasteiger partial charge in [-0.1, -0.05) is 35.0 Å². The Balaban J connectivity index is 1.94. The normalized spacial score (nSPS) is 17.1. The Morgan fingerprint density at radius 2 is 2.28 bits per heavy atom. The van der Waals surface area contributed by atoms with Crippen molar-refractivity contribution in [3.8, 4) is 0 Å². The molecule has 1 heterocycles. The molecule has 1 aromatic rings. The van der Waals surface area contributed by atoms with Crippen LogP contribution in [0.15, 0.2) is 28.7 Å². The highest BCUT2D eigenvalue weighted by Gasteiger charge is 2.30. The van der Waals surface area contributed by atoms with E-state index in [1.807, 2.05) is 37.1 Å². The molecule has 1 aliphatic rings. The third-order valence-electron chi connectivity index (χ3n) is 3.59. The average molecular weight is 311 g/mol. The van der Waals surface area contributed by atoms with E-state index in [9.17, 15) is 4.79 Å². The third-order valence-corrected chi connectivity index (χ3v) is 4.09. The summed E-state index contributed by atoms with van der Waals surface area (Å²) in [6.45, 7) is 4.64. The van der Waals surface area contributed by atoms with E-state index in [0.717, 1.165) is 23.1 Å². The van der Waals surface area contributed by atoms with Gasteiger partial charge in [-0.2, -0.15) is 0 Å². The van der Waals surface area contributed by atoms with Crippen molar-refractivity contribution in [2.24, 2.45) is 11.8 Å². The van der Waals surface area contributed by atoms with Gasteiger partial charge in [-0.15, -0.1) is 0 Å². The summed E-state index contributed by atoms with van der Waals surface area (Å²) in [5.41, 5.74) is 1.15. The van der Waals surface area contributed by atoms with Crippen molar-refractivity contribution in [3.63, 3.8) is 0 Å². The average Bonchev–Trinajstić information content (AvgIpc) is 2.25. The quantitative estimate of drug-likeness (QED) is 0.925. The Kier molecular flexibility index (Phi) is 4.40. The van der Waals surface area contributed by atoms with Gasteiger partial charge in [-0.3, -0.25) is 4.79 Å². The molecule has 1 aromatic carbocycles. The minimum absolute atomic E-state index is 0.114. The first-order valence-electron chi connectivity index (χ1n) is 6.28. The van der Waals surface area contributed by atoms with Gasteiger partial charge in [-0.05, 0) is 36.7 Å². The molecule has 1 unspecified atom stereocenters. The summed E-state index contributed by atoms with van der Waals surface area (Å²) < 4.78 is 1.05. The lowest BCUT2D eigenvalue weighted by Crippen LogP contribution is -2.49. The minimum atomic E-state index is 0.114.